The third-order valence-electron chi connectivity index (χ3n) is 4.63. The summed E-state index contributed by atoms with van der Waals surface area (Å²) >= 11 is 0. The minimum atomic E-state index is -3.52. The Labute approximate surface area is 170 Å². The highest BCUT2D eigenvalue weighted by atomic mass is 79.9. The maximum absolute atomic E-state index is 11.9. The largest absolute Gasteiger partial charge is 0.507 e. The molecule has 0 amide bonds. The smallest absolute Gasteiger partial charge is 0.179 e. The molecule has 3 rings (SSSR count). The van der Waals surface area contributed by atoms with Crippen molar-refractivity contribution in [2.75, 3.05) is 25.6 Å². The third-order valence-corrected chi connectivity index (χ3v) is 6.88. The van der Waals surface area contributed by atoms with E-state index in [2.05, 4.69) is 5.32 Å². The van der Waals surface area contributed by atoms with Crippen molar-refractivity contribution < 1.29 is 21.9 Å². The first kappa shape index (κ1) is 21.9. The Bertz CT molecular complexity index is 1050. The normalized spacial score (nSPS) is 17.5. The van der Waals surface area contributed by atoms with Gasteiger partial charge in [-0.3, -0.25) is 0 Å². The van der Waals surface area contributed by atoms with Gasteiger partial charge in [0.15, 0.2) is 19.7 Å². The highest BCUT2D eigenvalue weighted by Crippen LogP contribution is 2.35. The summed E-state index contributed by atoms with van der Waals surface area (Å²) in [4.78, 5) is 0.183. The number of benzene rings is 2. The van der Waals surface area contributed by atoms with E-state index in [1.165, 1.54) is 6.07 Å². The zero-order valence-corrected chi connectivity index (χ0v) is 18.3. The summed E-state index contributed by atoms with van der Waals surface area (Å²) in [5.41, 5.74) is 2.62. The number of hydrogen-bond donors (Lipinski definition) is 2. The van der Waals surface area contributed by atoms with Crippen LogP contribution in [0.5, 0.6) is 5.75 Å². The van der Waals surface area contributed by atoms with Gasteiger partial charge in [-0.1, -0.05) is 12.1 Å². The fourth-order valence-corrected chi connectivity index (χ4v) is 4.71. The third kappa shape index (κ3) is 4.71. The summed E-state index contributed by atoms with van der Waals surface area (Å²) in [6.07, 6.45) is 2.89. The molecule has 2 aromatic rings. The van der Waals surface area contributed by atoms with Crippen molar-refractivity contribution in [2.45, 2.75) is 22.1 Å². The van der Waals surface area contributed by atoms with E-state index in [9.17, 15) is 21.9 Å². The predicted molar refractivity (Wildman–Crippen MR) is 110 cm³/mol. The SMILES string of the molecule is Br.CS(=O)(=O)c1ccc(C2CNCCc3cc(S(C)(=O)=O)c(O)cc32)cc1. The van der Waals surface area contributed by atoms with E-state index in [1.54, 1.807) is 30.3 Å². The lowest BCUT2D eigenvalue weighted by Gasteiger charge is -2.20. The van der Waals surface area contributed by atoms with Gasteiger partial charge in [0.25, 0.3) is 0 Å². The van der Waals surface area contributed by atoms with Crippen LogP contribution >= 0.6 is 17.0 Å². The van der Waals surface area contributed by atoms with E-state index in [0.29, 0.717) is 19.5 Å². The van der Waals surface area contributed by atoms with E-state index < -0.39 is 19.7 Å². The second-order valence-electron chi connectivity index (χ2n) is 6.64. The summed E-state index contributed by atoms with van der Waals surface area (Å²) in [6, 6.07) is 9.73. The van der Waals surface area contributed by atoms with Crippen molar-refractivity contribution in [3.63, 3.8) is 0 Å². The van der Waals surface area contributed by atoms with E-state index in [4.69, 9.17) is 0 Å². The molecule has 0 aliphatic carbocycles. The molecule has 0 radical (unpaired) electrons. The van der Waals surface area contributed by atoms with E-state index in [0.717, 1.165) is 29.2 Å². The first-order valence-electron chi connectivity index (χ1n) is 8.14. The molecule has 148 valence electrons. The van der Waals surface area contributed by atoms with Gasteiger partial charge in [-0.05, 0) is 53.9 Å². The molecule has 27 heavy (non-hydrogen) atoms. The Hall–Kier alpha value is -1.42. The Morgan fingerprint density at radius 1 is 1.00 bits per heavy atom. The van der Waals surface area contributed by atoms with Gasteiger partial charge < -0.3 is 10.4 Å². The molecule has 1 unspecified atom stereocenters. The number of rotatable bonds is 3. The quantitative estimate of drug-likeness (QED) is 0.704. The van der Waals surface area contributed by atoms with Gasteiger partial charge in [-0.15, -0.1) is 17.0 Å². The number of phenols is 1. The van der Waals surface area contributed by atoms with E-state index in [-0.39, 0.29) is 38.4 Å². The van der Waals surface area contributed by atoms with Crippen molar-refractivity contribution >= 4 is 36.7 Å². The average Bonchev–Trinajstić information content (AvgIpc) is 2.74. The Balaban J connectivity index is 0.00000261. The molecule has 0 saturated heterocycles. The van der Waals surface area contributed by atoms with Crippen LogP contribution in [0.25, 0.3) is 0 Å². The minimum Gasteiger partial charge on any atom is -0.507 e. The number of halogens is 1. The molecule has 2 N–H and O–H groups in total. The van der Waals surface area contributed by atoms with E-state index in [1.807, 2.05) is 0 Å². The molecule has 1 heterocycles. The number of nitrogens with one attached hydrogen (secondary N) is 1. The summed E-state index contributed by atoms with van der Waals surface area (Å²) < 4.78 is 47.0. The average molecular weight is 476 g/mol. The zero-order chi connectivity index (χ0) is 19.1. The van der Waals surface area contributed by atoms with Crippen molar-refractivity contribution in [2.24, 2.45) is 0 Å². The monoisotopic (exact) mass is 475 g/mol. The van der Waals surface area contributed by atoms with Gasteiger partial charge in [0.1, 0.15) is 10.6 Å². The minimum absolute atomic E-state index is 0. The molecule has 1 aliphatic heterocycles. The summed E-state index contributed by atoms with van der Waals surface area (Å²) in [7, 11) is -6.79. The Morgan fingerprint density at radius 3 is 2.19 bits per heavy atom. The van der Waals surface area contributed by atoms with Crippen LogP contribution in [-0.4, -0.2) is 47.5 Å². The molecule has 2 aromatic carbocycles. The van der Waals surface area contributed by atoms with Crippen molar-refractivity contribution in [3.8, 4) is 5.75 Å². The fraction of sp³-hybridized carbons (Fsp3) is 0.333. The van der Waals surface area contributed by atoms with Gasteiger partial charge in [0.05, 0.1) is 4.90 Å². The lowest BCUT2D eigenvalue weighted by Crippen LogP contribution is -2.20. The molecule has 0 bridgehead atoms. The van der Waals surface area contributed by atoms with Crippen LogP contribution in [0.1, 0.15) is 22.6 Å². The van der Waals surface area contributed by atoms with Crippen LogP contribution in [0, 0.1) is 0 Å². The molecule has 0 fully saturated rings. The lowest BCUT2D eigenvalue weighted by atomic mass is 9.88. The van der Waals surface area contributed by atoms with Gasteiger partial charge in [-0.2, -0.15) is 0 Å². The molecule has 1 atom stereocenters. The maximum atomic E-state index is 11.9. The van der Waals surface area contributed by atoms with Crippen LogP contribution in [0.4, 0.5) is 0 Å². The van der Waals surface area contributed by atoms with E-state index >= 15 is 0 Å². The first-order valence-corrected chi connectivity index (χ1v) is 11.9. The second kappa shape index (κ2) is 7.90. The highest BCUT2D eigenvalue weighted by molar-refractivity contribution is 8.93. The Morgan fingerprint density at radius 2 is 1.63 bits per heavy atom. The molecule has 0 aromatic heterocycles. The molecule has 1 aliphatic rings. The fourth-order valence-electron chi connectivity index (χ4n) is 3.29. The molecule has 9 heteroatoms. The lowest BCUT2D eigenvalue weighted by molar-refractivity contribution is 0.457. The van der Waals surface area contributed by atoms with Crippen molar-refractivity contribution in [1.29, 1.82) is 0 Å². The standard InChI is InChI=1S/C18H21NO5S2.BrH/c1-25(21,22)14-5-3-12(4-6-14)16-11-19-8-7-13-9-18(26(2,23)24)17(20)10-15(13)16;/h3-6,9-10,16,19-20H,7-8,11H2,1-2H3;1H. The number of sulfone groups is 2. The van der Waals surface area contributed by atoms with Gasteiger partial charge in [0, 0.05) is 25.0 Å². The zero-order valence-electron chi connectivity index (χ0n) is 15.0. The number of phenolic OH excluding ortho intramolecular Hbond substituents is 1. The predicted octanol–water partition coefficient (Wildman–Crippen LogP) is 2.05. The van der Waals surface area contributed by atoms with Gasteiger partial charge >= 0.3 is 0 Å². The van der Waals surface area contributed by atoms with Crippen LogP contribution in [0.3, 0.4) is 0 Å². The van der Waals surface area contributed by atoms with Crippen LogP contribution in [0.15, 0.2) is 46.2 Å². The van der Waals surface area contributed by atoms with Crippen molar-refractivity contribution in [1.82, 2.24) is 5.32 Å². The maximum Gasteiger partial charge on any atom is 0.179 e. The van der Waals surface area contributed by atoms with Crippen LogP contribution in [0.2, 0.25) is 0 Å². The topological polar surface area (TPSA) is 101 Å². The highest BCUT2D eigenvalue weighted by Gasteiger charge is 2.25. The molecule has 0 saturated carbocycles. The number of fused-ring (bicyclic) bond motifs is 1. The van der Waals surface area contributed by atoms with Gasteiger partial charge in [0.2, 0.25) is 0 Å². The first-order chi connectivity index (χ1) is 12.1. The molecular weight excluding hydrogens is 454 g/mol. The summed E-state index contributed by atoms with van der Waals surface area (Å²) in [5, 5.41) is 13.5. The summed E-state index contributed by atoms with van der Waals surface area (Å²) in [6.45, 7) is 1.31. The summed E-state index contributed by atoms with van der Waals surface area (Å²) in [5.74, 6) is -0.369. The van der Waals surface area contributed by atoms with Crippen molar-refractivity contribution in [3.05, 3.63) is 53.1 Å². The molecular formula is C18H22BrNO5S2. The van der Waals surface area contributed by atoms with Crippen LogP contribution in [-0.2, 0) is 26.1 Å². The molecule has 6 nitrogen and oxygen atoms in total. The van der Waals surface area contributed by atoms with Crippen LogP contribution < -0.4 is 5.32 Å². The second-order valence-corrected chi connectivity index (χ2v) is 10.6. The number of aromatic hydroxyl groups is 1. The Kier molecular flexibility index (Phi) is 6.40. The number of hydrogen-bond acceptors (Lipinski definition) is 6. The molecule has 0 spiro atoms. The van der Waals surface area contributed by atoms with Gasteiger partial charge in [-0.25, -0.2) is 16.8 Å².